The Balaban J connectivity index is 1.85. The molecule has 2 rings (SSSR count). The van der Waals surface area contributed by atoms with Gasteiger partial charge in [0.15, 0.2) is 6.61 Å². The number of nitrogens with zero attached hydrogens (tertiary/aromatic N) is 1. The minimum atomic E-state index is -0.571. The van der Waals surface area contributed by atoms with Crippen LogP contribution in [0.15, 0.2) is 22.7 Å². The molecular formula is C13H10Cl3NO4. The number of ether oxygens (including phenoxy) is 2. The summed E-state index contributed by atoms with van der Waals surface area (Å²) in [6.07, 6.45) is 0. The van der Waals surface area contributed by atoms with Crippen molar-refractivity contribution in [3.05, 3.63) is 44.7 Å². The zero-order valence-corrected chi connectivity index (χ0v) is 13.1. The van der Waals surface area contributed by atoms with Crippen LogP contribution >= 0.6 is 34.8 Å². The van der Waals surface area contributed by atoms with Gasteiger partial charge in [0.1, 0.15) is 23.8 Å². The molecule has 1 aromatic heterocycles. The maximum absolute atomic E-state index is 11.6. The molecule has 0 saturated carbocycles. The van der Waals surface area contributed by atoms with Gasteiger partial charge < -0.3 is 14.0 Å². The third-order valence-corrected chi connectivity index (χ3v) is 3.40. The fourth-order valence-corrected chi connectivity index (χ4v) is 2.03. The molecule has 0 aliphatic rings. The summed E-state index contributed by atoms with van der Waals surface area (Å²) in [5.74, 6) is 0.318. The number of halogens is 3. The highest BCUT2D eigenvalue weighted by atomic mass is 35.5. The van der Waals surface area contributed by atoms with Crippen LogP contribution in [0.2, 0.25) is 15.1 Å². The zero-order valence-electron chi connectivity index (χ0n) is 10.9. The van der Waals surface area contributed by atoms with Crippen LogP contribution in [-0.2, 0) is 16.1 Å². The number of hydrogen-bond acceptors (Lipinski definition) is 5. The highest BCUT2D eigenvalue weighted by molar-refractivity contribution is 6.43. The number of esters is 1. The van der Waals surface area contributed by atoms with Crippen molar-refractivity contribution in [2.75, 3.05) is 6.61 Å². The molecule has 1 aromatic carbocycles. The molecule has 0 atom stereocenters. The van der Waals surface area contributed by atoms with Crippen molar-refractivity contribution in [3.8, 4) is 5.75 Å². The van der Waals surface area contributed by atoms with Crippen LogP contribution in [0.4, 0.5) is 0 Å². The van der Waals surface area contributed by atoms with E-state index in [9.17, 15) is 4.79 Å². The molecule has 21 heavy (non-hydrogen) atoms. The van der Waals surface area contributed by atoms with E-state index in [1.807, 2.05) is 0 Å². The van der Waals surface area contributed by atoms with E-state index >= 15 is 0 Å². The van der Waals surface area contributed by atoms with Crippen molar-refractivity contribution in [2.24, 2.45) is 0 Å². The van der Waals surface area contributed by atoms with E-state index in [2.05, 4.69) is 5.16 Å². The Bertz CT molecular complexity index is 657. The lowest BCUT2D eigenvalue weighted by Gasteiger charge is -2.08. The van der Waals surface area contributed by atoms with Crippen molar-refractivity contribution in [1.29, 1.82) is 0 Å². The molecule has 112 valence electrons. The second-order valence-electron chi connectivity index (χ2n) is 4.07. The van der Waals surface area contributed by atoms with Crippen LogP contribution in [0, 0.1) is 6.92 Å². The molecule has 0 radical (unpaired) electrons. The van der Waals surface area contributed by atoms with E-state index in [1.165, 1.54) is 12.1 Å². The molecular weight excluding hydrogens is 341 g/mol. The first-order valence-corrected chi connectivity index (χ1v) is 6.94. The lowest BCUT2D eigenvalue weighted by atomic mass is 10.3. The Labute approximate surface area is 135 Å². The number of aryl methyl sites for hydroxylation is 1. The first-order chi connectivity index (χ1) is 9.95. The highest BCUT2D eigenvalue weighted by Gasteiger charge is 2.11. The largest absolute Gasteiger partial charge is 0.480 e. The molecule has 0 aliphatic heterocycles. The van der Waals surface area contributed by atoms with E-state index in [4.69, 9.17) is 48.8 Å². The van der Waals surface area contributed by atoms with Crippen molar-refractivity contribution in [1.82, 2.24) is 5.16 Å². The summed E-state index contributed by atoms with van der Waals surface area (Å²) < 4.78 is 15.1. The summed E-state index contributed by atoms with van der Waals surface area (Å²) in [6, 6.07) is 4.54. The van der Waals surface area contributed by atoms with Gasteiger partial charge in [-0.3, -0.25) is 0 Å². The maximum Gasteiger partial charge on any atom is 0.344 e. The summed E-state index contributed by atoms with van der Waals surface area (Å²) in [7, 11) is 0. The second kappa shape index (κ2) is 7.02. The molecule has 2 aromatic rings. The third kappa shape index (κ3) is 4.52. The molecule has 5 nitrogen and oxygen atoms in total. The van der Waals surface area contributed by atoms with Crippen molar-refractivity contribution in [2.45, 2.75) is 13.5 Å². The number of carbonyl (C=O) groups is 1. The quantitative estimate of drug-likeness (QED) is 0.601. The van der Waals surface area contributed by atoms with Gasteiger partial charge in [-0.15, -0.1) is 0 Å². The van der Waals surface area contributed by atoms with Crippen LogP contribution in [0.25, 0.3) is 0 Å². The lowest BCUT2D eigenvalue weighted by Crippen LogP contribution is -2.15. The normalized spacial score (nSPS) is 10.5. The smallest absolute Gasteiger partial charge is 0.344 e. The molecule has 0 spiro atoms. The van der Waals surface area contributed by atoms with Crippen LogP contribution < -0.4 is 4.74 Å². The highest BCUT2D eigenvalue weighted by Crippen LogP contribution is 2.33. The Morgan fingerprint density at radius 2 is 1.90 bits per heavy atom. The SMILES string of the molecule is Cc1cc(COC(=O)COc2cc(Cl)c(Cl)cc2Cl)no1. The summed E-state index contributed by atoms with van der Waals surface area (Å²) in [4.78, 5) is 11.6. The molecule has 0 N–H and O–H groups in total. The van der Waals surface area contributed by atoms with E-state index in [1.54, 1.807) is 13.0 Å². The van der Waals surface area contributed by atoms with Gasteiger partial charge in [0.05, 0.1) is 15.1 Å². The maximum atomic E-state index is 11.6. The molecule has 8 heteroatoms. The number of carbonyl (C=O) groups excluding carboxylic acids is 1. The summed E-state index contributed by atoms with van der Waals surface area (Å²) in [5.41, 5.74) is 0.522. The lowest BCUT2D eigenvalue weighted by molar-refractivity contribution is -0.147. The van der Waals surface area contributed by atoms with Gasteiger partial charge in [-0.1, -0.05) is 40.0 Å². The van der Waals surface area contributed by atoms with E-state index < -0.39 is 5.97 Å². The Morgan fingerprint density at radius 1 is 1.19 bits per heavy atom. The molecule has 0 unspecified atom stereocenters. The third-order valence-electron chi connectivity index (χ3n) is 2.38. The van der Waals surface area contributed by atoms with Crippen LogP contribution in [0.1, 0.15) is 11.5 Å². The average Bonchev–Trinajstić information content (AvgIpc) is 2.85. The Hall–Kier alpha value is -1.43. The van der Waals surface area contributed by atoms with E-state index in [-0.39, 0.29) is 29.0 Å². The topological polar surface area (TPSA) is 61.6 Å². The predicted molar refractivity (Wildman–Crippen MR) is 78.0 cm³/mol. The van der Waals surface area contributed by atoms with Gasteiger partial charge in [0.25, 0.3) is 0 Å². The summed E-state index contributed by atoms with van der Waals surface area (Å²) in [6.45, 7) is 1.44. The number of aromatic nitrogens is 1. The second-order valence-corrected chi connectivity index (χ2v) is 5.30. The van der Waals surface area contributed by atoms with Gasteiger partial charge >= 0.3 is 5.97 Å². The van der Waals surface area contributed by atoms with E-state index in [0.717, 1.165) is 0 Å². The first kappa shape index (κ1) is 15.9. The van der Waals surface area contributed by atoms with Gasteiger partial charge in [0.2, 0.25) is 0 Å². The van der Waals surface area contributed by atoms with E-state index in [0.29, 0.717) is 16.5 Å². The fraction of sp³-hybridized carbons (Fsp3) is 0.231. The fourth-order valence-electron chi connectivity index (χ4n) is 1.43. The van der Waals surface area contributed by atoms with Crippen molar-refractivity contribution >= 4 is 40.8 Å². The molecule has 0 bridgehead atoms. The predicted octanol–water partition coefficient (Wildman–Crippen LogP) is 4.07. The monoisotopic (exact) mass is 349 g/mol. The Morgan fingerprint density at radius 3 is 2.57 bits per heavy atom. The number of rotatable bonds is 5. The zero-order chi connectivity index (χ0) is 15.4. The van der Waals surface area contributed by atoms with Gasteiger partial charge in [-0.05, 0) is 13.0 Å². The Kier molecular flexibility index (Phi) is 5.33. The summed E-state index contributed by atoms with van der Waals surface area (Å²) in [5, 5.41) is 4.53. The van der Waals surface area contributed by atoms with Crippen molar-refractivity contribution in [3.63, 3.8) is 0 Å². The van der Waals surface area contributed by atoms with Crippen LogP contribution in [0.3, 0.4) is 0 Å². The van der Waals surface area contributed by atoms with Gasteiger partial charge in [0, 0.05) is 12.1 Å². The molecule has 1 heterocycles. The molecule has 0 amide bonds. The standard InChI is InChI=1S/C13H10Cl3NO4/c1-7-2-8(17-21-7)5-20-13(18)6-19-12-4-10(15)9(14)3-11(12)16/h2-4H,5-6H2,1H3. The summed E-state index contributed by atoms with van der Waals surface area (Å²) >= 11 is 17.5. The molecule has 0 saturated heterocycles. The minimum Gasteiger partial charge on any atom is -0.480 e. The first-order valence-electron chi connectivity index (χ1n) is 5.81. The molecule has 0 fully saturated rings. The number of hydrogen-bond donors (Lipinski definition) is 0. The van der Waals surface area contributed by atoms with Gasteiger partial charge in [-0.25, -0.2) is 4.79 Å². The van der Waals surface area contributed by atoms with Crippen molar-refractivity contribution < 1.29 is 18.8 Å². The van der Waals surface area contributed by atoms with Gasteiger partial charge in [-0.2, -0.15) is 0 Å². The average molecular weight is 351 g/mol. The minimum absolute atomic E-state index is 0.00857. The molecule has 0 aliphatic carbocycles. The van der Waals surface area contributed by atoms with Crippen LogP contribution in [-0.4, -0.2) is 17.7 Å². The van der Waals surface area contributed by atoms with Crippen LogP contribution in [0.5, 0.6) is 5.75 Å². The number of benzene rings is 1.